The highest BCUT2D eigenvalue weighted by atomic mass is 16.5. The molecule has 1 fully saturated rings. The molecule has 0 unspecified atom stereocenters. The predicted octanol–water partition coefficient (Wildman–Crippen LogP) is 0.462. The van der Waals surface area contributed by atoms with Gasteiger partial charge in [-0.3, -0.25) is 4.79 Å². The first-order valence-corrected chi connectivity index (χ1v) is 7.44. The van der Waals surface area contributed by atoms with Crippen LogP contribution >= 0.6 is 0 Å². The molecule has 0 bridgehead atoms. The normalized spacial score (nSPS) is 19.0. The lowest BCUT2D eigenvalue weighted by molar-refractivity contribution is -0.137. The first-order chi connectivity index (χ1) is 10.2. The van der Waals surface area contributed by atoms with Crippen LogP contribution in [-0.2, 0) is 16.0 Å². The number of amides is 1. The van der Waals surface area contributed by atoms with Crippen molar-refractivity contribution < 1.29 is 14.6 Å². The van der Waals surface area contributed by atoms with E-state index in [1.54, 1.807) is 0 Å². The van der Waals surface area contributed by atoms with Gasteiger partial charge in [-0.05, 0) is 24.8 Å². The smallest absolute Gasteiger partial charge is 0.227 e. The highest BCUT2D eigenvalue weighted by molar-refractivity contribution is 5.83. The molecule has 116 valence electrons. The van der Waals surface area contributed by atoms with Crippen LogP contribution in [0, 0.1) is 5.41 Å². The lowest BCUT2D eigenvalue weighted by atomic mass is 9.79. The van der Waals surface area contributed by atoms with E-state index < -0.39 is 5.41 Å². The largest absolute Gasteiger partial charge is 0.394 e. The van der Waals surface area contributed by atoms with Crippen molar-refractivity contribution in [1.82, 2.24) is 5.32 Å². The highest BCUT2D eigenvalue weighted by Gasteiger charge is 2.39. The molecule has 5 nitrogen and oxygen atoms in total. The molecule has 1 atom stereocenters. The molecule has 4 N–H and O–H groups in total. The van der Waals surface area contributed by atoms with Crippen LogP contribution in [0.4, 0.5) is 0 Å². The number of carbonyl (C=O) groups excluding carboxylic acids is 1. The summed E-state index contributed by atoms with van der Waals surface area (Å²) < 4.78 is 5.32. The Morgan fingerprint density at radius 1 is 1.33 bits per heavy atom. The predicted molar refractivity (Wildman–Crippen MR) is 80.7 cm³/mol. The van der Waals surface area contributed by atoms with E-state index in [0.717, 1.165) is 5.56 Å². The fraction of sp³-hybridized carbons (Fsp3) is 0.562. The molecule has 0 saturated carbocycles. The lowest BCUT2D eigenvalue weighted by Crippen LogP contribution is -2.53. The highest BCUT2D eigenvalue weighted by Crippen LogP contribution is 2.29. The van der Waals surface area contributed by atoms with Crippen LogP contribution < -0.4 is 11.1 Å². The average molecular weight is 292 g/mol. The summed E-state index contributed by atoms with van der Waals surface area (Å²) >= 11 is 0. The van der Waals surface area contributed by atoms with E-state index in [2.05, 4.69) is 5.32 Å². The Morgan fingerprint density at radius 3 is 2.57 bits per heavy atom. The minimum Gasteiger partial charge on any atom is -0.394 e. The van der Waals surface area contributed by atoms with Gasteiger partial charge >= 0.3 is 0 Å². The number of benzene rings is 1. The van der Waals surface area contributed by atoms with Crippen molar-refractivity contribution in [2.45, 2.75) is 25.3 Å². The van der Waals surface area contributed by atoms with E-state index in [9.17, 15) is 9.90 Å². The Morgan fingerprint density at radius 2 is 2.00 bits per heavy atom. The van der Waals surface area contributed by atoms with E-state index in [1.165, 1.54) is 0 Å². The Balaban J connectivity index is 1.98. The molecule has 0 spiro atoms. The van der Waals surface area contributed by atoms with Crippen molar-refractivity contribution in [3.05, 3.63) is 35.9 Å². The van der Waals surface area contributed by atoms with E-state index in [0.29, 0.717) is 39.0 Å². The first-order valence-electron chi connectivity index (χ1n) is 7.44. The third-order valence-corrected chi connectivity index (χ3v) is 4.20. The number of rotatable bonds is 6. The summed E-state index contributed by atoms with van der Waals surface area (Å²) in [5, 5.41) is 12.5. The number of carbonyl (C=O) groups is 1. The summed E-state index contributed by atoms with van der Waals surface area (Å²) in [6.45, 7) is 1.35. The van der Waals surface area contributed by atoms with Crippen molar-refractivity contribution in [2.24, 2.45) is 11.1 Å². The third kappa shape index (κ3) is 4.03. The van der Waals surface area contributed by atoms with Crippen molar-refractivity contribution in [2.75, 3.05) is 26.4 Å². The molecule has 1 aromatic rings. The second-order valence-corrected chi connectivity index (χ2v) is 5.64. The number of nitrogens with two attached hydrogens (primary N) is 1. The standard InChI is InChI=1S/C16H24N2O3/c17-12-16(6-8-21-9-7-16)15(20)18-14(11-19)10-13-4-2-1-3-5-13/h1-5,14,19H,6-12,17H2,(H,18,20)/t14-/m1/s1. The molecular formula is C16H24N2O3. The summed E-state index contributed by atoms with van der Waals surface area (Å²) in [5.74, 6) is -0.0664. The molecule has 1 aliphatic heterocycles. The van der Waals surface area contributed by atoms with Gasteiger partial charge in [0.2, 0.25) is 5.91 Å². The van der Waals surface area contributed by atoms with Gasteiger partial charge in [-0.2, -0.15) is 0 Å². The zero-order chi connectivity index (χ0) is 15.1. The second-order valence-electron chi connectivity index (χ2n) is 5.64. The van der Waals surface area contributed by atoms with Gasteiger partial charge in [-0.15, -0.1) is 0 Å². The van der Waals surface area contributed by atoms with Crippen LogP contribution in [0.25, 0.3) is 0 Å². The number of aliphatic hydroxyl groups is 1. The van der Waals surface area contributed by atoms with E-state index in [-0.39, 0.29) is 18.6 Å². The minimum absolute atomic E-state index is 0.0664. The molecule has 0 radical (unpaired) electrons. The summed E-state index contributed by atoms with van der Waals surface area (Å²) in [5.41, 5.74) is 6.37. The lowest BCUT2D eigenvalue weighted by Gasteiger charge is -2.35. The van der Waals surface area contributed by atoms with Gasteiger partial charge in [0, 0.05) is 19.8 Å². The van der Waals surface area contributed by atoms with Gasteiger partial charge in [0.15, 0.2) is 0 Å². The SMILES string of the molecule is NCC1(C(=O)N[C@@H](CO)Cc2ccccc2)CCOCC1. The first kappa shape index (κ1) is 15.9. The Hall–Kier alpha value is -1.43. The maximum absolute atomic E-state index is 12.6. The van der Waals surface area contributed by atoms with Gasteiger partial charge in [0.05, 0.1) is 18.1 Å². The van der Waals surface area contributed by atoms with Gasteiger partial charge in [0.1, 0.15) is 0 Å². The summed E-state index contributed by atoms with van der Waals surface area (Å²) in [4.78, 5) is 12.6. The summed E-state index contributed by atoms with van der Waals surface area (Å²) in [6, 6.07) is 9.54. The average Bonchev–Trinajstić information content (AvgIpc) is 2.55. The zero-order valence-electron chi connectivity index (χ0n) is 12.3. The Bertz CT molecular complexity index is 444. The molecular weight excluding hydrogens is 268 g/mol. The Labute approximate surface area is 125 Å². The zero-order valence-corrected chi connectivity index (χ0v) is 12.3. The van der Waals surface area contributed by atoms with Crippen LogP contribution in [-0.4, -0.2) is 43.4 Å². The molecule has 1 amide bonds. The maximum Gasteiger partial charge on any atom is 0.227 e. The second kappa shape index (κ2) is 7.54. The number of nitrogens with one attached hydrogen (secondary N) is 1. The molecule has 1 saturated heterocycles. The number of ether oxygens (including phenoxy) is 1. The van der Waals surface area contributed by atoms with Crippen LogP contribution in [0.3, 0.4) is 0 Å². The van der Waals surface area contributed by atoms with Crippen LogP contribution in [0.1, 0.15) is 18.4 Å². The minimum atomic E-state index is -0.553. The van der Waals surface area contributed by atoms with Gasteiger partial charge in [0.25, 0.3) is 0 Å². The third-order valence-electron chi connectivity index (χ3n) is 4.20. The van der Waals surface area contributed by atoms with Crippen molar-refractivity contribution in [1.29, 1.82) is 0 Å². The quantitative estimate of drug-likeness (QED) is 0.711. The maximum atomic E-state index is 12.6. The monoisotopic (exact) mass is 292 g/mol. The topological polar surface area (TPSA) is 84.6 Å². The molecule has 1 aromatic carbocycles. The molecule has 5 heteroatoms. The summed E-state index contributed by atoms with van der Waals surface area (Å²) in [6.07, 6.45) is 1.89. The molecule has 1 heterocycles. The van der Waals surface area contributed by atoms with Gasteiger partial charge in [-0.25, -0.2) is 0 Å². The number of hydrogen-bond donors (Lipinski definition) is 3. The van der Waals surface area contributed by atoms with Crippen molar-refractivity contribution in [3.8, 4) is 0 Å². The van der Waals surface area contributed by atoms with E-state index in [4.69, 9.17) is 10.5 Å². The fourth-order valence-corrected chi connectivity index (χ4v) is 2.68. The number of aliphatic hydroxyl groups excluding tert-OH is 1. The molecule has 1 aliphatic rings. The van der Waals surface area contributed by atoms with Crippen LogP contribution in [0.5, 0.6) is 0 Å². The molecule has 0 aromatic heterocycles. The molecule has 21 heavy (non-hydrogen) atoms. The van der Waals surface area contributed by atoms with Gasteiger partial charge in [-0.1, -0.05) is 30.3 Å². The Kier molecular flexibility index (Phi) is 5.73. The molecule has 0 aliphatic carbocycles. The van der Waals surface area contributed by atoms with Crippen LogP contribution in [0.2, 0.25) is 0 Å². The van der Waals surface area contributed by atoms with Gasteiger partial charge < -0.3 is 20.9 Å². The van der Waals surface area contributed by atoms with E-state index >= 15 is 0 Å². The number of hydrogen-bond acceptors (Lipinski definition) is 4. The van der Waals surface area contributed by atoms with Crippen molar-refractivity contribution in [3.63, 3.8) is 0 Å². The fourth-order valence-electron chi connectivity index (χ4n) is 2.68. The van der Waals surface area contributed by atoms with Crippen molar-refractivity contribution >= 4 is 5.91 Å². The van der Waals surface area contributed by atoms with E-state index in [1.807, 2.05) is 30.3 Å². The summed E-state index contributed by atoms with van der Waals surface area (Å²) in [7, 11) is 0. The molecule has 2 rings (SSSR count). The van der Waals surface area contributed by atoms with Crippen LogP contribution in [0.15, 0.2) is 30.3 Å².